The summed E-state index contributed by atoms with van der Waals surface area (Å²) in [5, 5.41) is 0. The van der Waals surface area contributed by atoms with Crippen molar-refractivity contribution in [2.24, 2.45) is 5.73 Å². The molecule has 0 saturated carbocycles. The molecular weight excluding hydrogens is 268 g/mol. The molecule has 2 rings (SSSR count). The molecule has 5 nitrogen and oxygen atoms in total. The van der Waals surface area contributed by atoms with Gasteiger partial charge in [-0.05, 0) is 31.0 Å². The van der Waals surface area contributed by atoms with E-state index in [0.29, 0.717) is 25.4 Å². The molecule has 2 N–H and O–H groups in total. The second-order valence-electron chi connectivity index (χ2n) is 5.39. The molecule has 116 valence electrons. The summed E-state index contributed by atoms with van der Waals surface area (Å²) < 4.78 is 11.2. The van der Waals surface area contributed by atoms with E-state index in [4.69, 9.17) is 15.2 Å². The number of hydrogen-bond acceptors (Lipinski definition) is 4. The predicted octanol–water partition coefficient (Wildman–Crippen LogP) is 1.55. The van der Waals surface area contributed by atoms with E-state index in [1.165, 1.54) is 0 Å². The van der Waals surface area contributed by atoms with Crippen molar-refractivity contribution in [3.63, 3.8) is 0 Å². The third-order valence-corrected chi connectivity index (χ3v) is 3.78. The molecule has 0 radical (unpaired) electrons. The first-order valence-electron chi connectivity index (χ1n) is 7.47. The Morgan fingerprint density at radius 1 is 1.43 bits per heavy atom. The van der Waals surface area contributed by atoms with Crippen LogP contribution in [0, 0.1) is 0 Å². The molecule has 1 amide bonds. The minimum Gasteiger partial charge on any atom is -0.484 e. The second kappa shape index (κ2) is 7.43. The van der Waals surface area contributed by atoms with Gasteiger partial charge in [0.25, 0.3) is 5.91 Å². The Morgan fingerprint density at radius 2 is 2.14 bits per heavy atom. The molecule has 21 heavy (non-hydrogen) atoms. The first kappa shape index (κ1) is 15.8. The van der Waals surface area contributed by atoms with Crippen molar-refractivity contribution in [3.8, 4) is 5.75 Å². The van der Waals surface area contributed by atoms with E-state index in [9.17, 15) is 4.79 Å². The average Bonchev–Trinajstić information content (AvgIpc) is 2.53. The fraction of sp³-hybridized carbons (Fsp3) is 0.562. The lowest BCUT2D eigenvalue weighted by molar-refractivity contribution is -0.146. The van der Waals surface area contributed by atoms with Crippen molar-refractivity contribution >= 4 is 5.91 Å². The quantitative estimate of drug-likeness (QED) is 0.894. The Morgan fingerprint density at radius 3 is 2.76 bits per heavy atom. The summed E-state index contributed by atoms with van der Waals surface area (Å²) in [5.74, 6) is 0.704. The Bertz CT molecular complexity index is 461. The van der Waals surface area contributed by atoms with E-state index in [0.717, 1.165) is 12.0 Å². The highest BCUT2D eigenvalue weighted by Crippen LogP contribution is 2.16. The van der Waals surface area contributed by atoms with Gasteiger partial charge in [-0.2, -0.15) is 0 Å². The summed E-state index contributed by atoms with van der Waals surface area (Å²) in [5.41, 5.74) is 6.59. The molecule has 1 heterocycles. The van der Waals surface area contributed by atoms with Crippen LogP contribution in [0.3, 0.4) is 0 Å². The summed E-state index contributed by atoms with van der Waals surface area (Å²) in [7, 11) is 0. The molecule has 1 aliphatic heterocycles. The van der Waals surface area contributed by atoms with Crippen molar-refractivity contribution < 1.29 is 14.3 Å². The number of nitrogens with two attached hydrogens (primary N) is 1. The fourth-order valence-corrected chi connectivity index (χ4v) is 2.44. The fourth-order valence-electron chi connectivity index (χ4n) is 2.44. The van der Waals surface area contributed by atoms with Gasteiger partial charge in [0.05, 0.1) is 18.8 Å². The smallest absolute Gasteiger partial charge is 0.260 e. The standard InChI is InChI=1S/C16H24N2O3/c1-3-14-10-20-12(2)9-18(14)16(19)11-21-15-6-4-13(8-17)5-7-15/h4-7,12,14H,3,8-11,17H2,1-2H3. The number of carbonyl (C=O) groups is 1. The Labute approximate surface area is 126 Å². The molecule has 0 aromatic heterocycles. The molecule has 0 bridgehead atoms. The number of benzene rings is 1. The zero-order valence-corrected chi connectivity index (χ0v) is 12.7. The van der Waals surface area contributed by atoms with Gasteiger partial charge in [-0.25, -0.2) is 0 Å². The number of ether oxygens (including phenoxy) is 2. The van der Waals surface area contributed by atoms with Gasteiger partial charge in [0.15, 0.2) is 6.61 Å². The number of carbonyl (C=O) groups excluding carboxylic acids is 1. The molecule has 0 spiro atoms. The molecule has 1 aromatic rings. The molecule has 1 aliphatic rings. The Kier molecular flexibility index (Phi) is 5.59. The van der Waals surface area contributed by atoms with E-state index in [-0.39, 0.29) is 24.7 Å². The third-order valence-electron chi connectivity index (χ3n) is 3.78. The molecule has 0 aliphatic carbocycles. The largest absolute Gasteiger partial charge is 0.484 e. The maximum absolute atomic E-state index is 12.3. The highest BCUT2D eigenvalue weighted by atomic mass is 16.5. The van der Waals surface area contributed by atoms with E-state index < -0.39 is 0 Å². The lowest BCUT2D eigenvalue weighted by Crippen LogP contribution is -2.52. The number of morpholine rings is 1. The van der Waals surface area contributed by atoms with Gasteiger partial charge in [-0.1, -0.05) is 19.1 Å². The Hall–Kier alpha value is -1.59. The van der Waals surface area contributed by atoms with Crippen LogP contribution in [0.15, 0.2) is 24.3 Å². The van der Waals surface area contributed by atoms with Crippen molar-refractivity contribution in [1.82, 2.24) is 4.90 Å². The monoisotopic (exact) mass is 292 g/mol. The average molecular weight is 292 g/mol. The first-order chi connectivity index (χ1) is 10.1. The van der Waals surface area contributed by atoms with Crippen LogP contribution < -0.4 is 10.5 Å². The maximum atomic E-state index is 12.3. The summed E-state index contributed by atoms with van der Waals surface area (Å²) in [6.45, 7) is 5.85. The van der Waals surface area contributed by atoms with Gasteiger partial charge in [0.1, 0.15) is 5.75 Å². The highest BCUT2D eigenvalue weighted by Gasteiger charge is 2.29. The topological polar surface area (TPSA) is 64.8 Å². The van der Waals surface area contributed by atoms with Crippen molar-refractivity contribution in [2.45, 2.75) is 39.0 Å². The lowest BCUT2D eigenvalue weighted by Gasteiger charge is -2.38. The van der Waals surface area contributed by atoms with Crippen molar-refractivity contribution in [3.05, 3.63) is 29.8 Å². The summed E-state index contributed by atoms with van der Waals surface area (Å²) in [6, 6.07) is 7.65. The van der Waals surface area contributed by atoms with Gasteiger partial charge < -0.3 is 20.1 Å². The molecule has 1 fully saturated rings. The van der Waals surface area contributed by atoms with E-state index in [2.05, 4.69) is 6.92 Å². The summed E-state index contributed by atoms with van der Waals surface area (Å²) in [6.07, 6.45) is 0.976. The predicted molar refractivity (Wildman–Crippen MR) is 81.0 cm³/mol. The first-order valence-corrected chi connectivity index (χ1v) is 7.47. The minimum absolute atomic E-state index is 0.0138. The molecule has 2 unspecified atom stereocenters. The molecule has 1 saturated heterocycles. The number of amides is 1. The number of nitrogens with zero attached hydrogens (tertiary/aromatic N) is 1. The molecule has 2 atom stereocenters. The Balaban J connectivity index is 1.90. The zero-order valence-electron chi connectivity index (χ0n) is 12.7. The summed E-state index contributed by atoms with van der Waals surface area (Å²) in [4.78, 5) is 14.2. The van der Waals surface area contributed by atoms with Crippen LogP contribution in [0.25, 0.3) is 0 Å². The van der Waals surface area contributed by atoms with Crippen LogP contribution in [0.2, 0.25) is 0 Å². The zero-order chi connectivity index (χ0) is 15.2. The van der Waals surface area contributed by atoms with E-state index in [1.54, 1.807) is 0 Å². The number of rotatable bonds is 5. The molecular formula is C16H24N2O3. The van der Waals surface area contributed by atoms with Gasteiger partial charge in [-0.15, -0.1) is 0 Å². The maximum Gasteiger partial charge on any atom is 0.260 e. The molecule has 1 aromatic carbocycles. The van der Waals surface area contributed by atoms with Crippen LogP contribution in [-0.2, 0) is 16.1 Å². The minimum atomic E-state index is 0.0138. The third kappa shape index (κ3) is 4.19. The second-order valence-corrected chi connectivity index (χ2v) is 5.39. The number of hydrogen-bond donors (Lipinski definition) is 1. The molecule has 5 heteroatoms. The van der Waals surface area contributed by atoms with Gasteiger partial charge >= 0.3 is 0 Å². The van der Waals surface area contributed by atoms with Crippen LogP contribution in [-0.4, -0.2) is 42.7 Å². The van der Waals surface area contributed by atoms with E-state index >= 15 is 0 Å². The highest BCUT2D eigenvalue weighted by molar-refractivity contribution is 5.78. The lowest BCUT2D eigenvalue weighted by atomic mass is 10.1. The van der Waals surface area contributed by atoms with Crippen LogP contribution in [0.1, 0.15) is 25.8 Å². The van der Waals surface area contributed by atoms with Crippen molar-refractivity contribution in [1.29, 1.82) is 0 Å². The SMILES string of the molecule is CCC1COC(C)CN1C(=O)COc1ccc(CN)cc1. The normalized spacial score (nSPS) is 22.1. The van der Waals surface area contributed by atoms with Gasteiger partial charge in [0.2, 0.25) is 0 Å². The van der Waals surface area contributed by atoms with E-state index in [1.807, 2.05) is 36.1 Å². The van der Waals surface area contributed by atoms with Crippen LogP contribution in [0.5, 0.6) is 5.75 Å². The van der Waals surface area contributed by atoms with Crippen LogP contribution >= 0.6 is 0 Å². The summed E-state index contributed by atoms with van der Waals surface area (Å²) >= 11 is 0. The van der Waals surface area contributed by atoms with Gasteiger partial charge in [-0.3, -0.25) is 4.79 Å². The van der Waals surface area contributed by atoms with Crippen molar-refractivity contribution in [2.75, 3.05) is 19.8 Å². The van der Waals surface area contributed by atoms with Gasteiger partial charge in [0, 0.05) is 13.1 Å². The van der Waals surface area contributed by atoms with Crippen LogP contribution in [0.4, 0.5) is 0 Å².